The third kappa shape index (κ3) is 8.26. The van der Waals surface area contributed by atoms with E-state index in [2.05, 4.69) is 65.2 Å². The molecule has 0 radical (unpaired) electrons. The Morgan fingerprint density at radius 1 is 0.904 bits per heavy atom. The van der Waals surface area contributed by atoms with Gasteiger partial charge in [0.15, 0.2) is 0 Å². The predicted octanol–water partition coefficient (Wildman–Crippen LogP) is 4.96. The van der Waals surface area contributed by atoms with Gasteiger partial charge in [-0.25, -0.2) is 0 Å². The molecule has 0 unspecified atom stereocenters. The van der Waals surface area contributed by atoms with E-state index in [-0.39, 0.29) is 11.8 Å². The molecule has 0 aromatic heterocycles. The van der Waals surface area contributed by atoms with Gasteiger partial charge in [0.05, 0.1) is 19.1 Å². The van der Waals surface area contributed by atoms with Crippen LogP contribution in [-0.4, -0.2) is 113 Å². The third-order valence-corrected chi connectivity index (χ3v) is 10.9. The van der Waals surface area contributed by atoms with Gasteiger partial charge in [-0.15, -0.1) is 0 Å². The predicted molar refractivity (Wildman–Crippen MR) is 208 cm³/mol. The average molecular weight is 708 g/mol. The van der Waals surface area contributed by atoms with Crippen molar-refractivity contribution >= 4 is 35.0 Å². The van der Waals surface area contributed by atoms with Crippen molar-refractivity contribution in [2.24, 2.45) is 11.1 Å². The summed E-state index contributed by atoms with van der Waals surface area (Å²) < 4.78 is 11.5. The molecule has 11 nitrogen and oxygen atoms in total. The number of ether oxygens (including phenoxy) is 2. The quantitative estimate of drug-likeness (QED) is 0.189. The van der Waals surface area contributed by atoms with Crippen LogP contribution >= 0.6 is 0 Å². The van der Waals surface area contributed by atoms with Gasteiger partial charge in [0.1, 0.15) is 11.5 Å². The molecule has 11 heteroatoms. The van der Waals surface area contributed by atoms with Crippen molar-refractivity contribution in [3.05, 3.63) is 89.6 Å². The molecule has 276 valence electrons. The normalized spacial score (nSPS) is 18.0. The number of benzene rings is 3. The summed E-state index contributed by atoms with van der Waals surface area (Å²) in [5.41, 5.74) is 10.4. The molecule has 1 spiro atoms. The van der Waals surface area contributed by atoms with E-state index in [4.69, 9.17) is 20.6 Å². The Labute approximate surface area is 308 Å². The number of nitrogens with two attached hydrogens (primary N) is 1. The highest BCUT2D eigenvalue weighted by Crippen LogP contribution is 2.44. The van der Waals surface area contributed by atoms with Gasteiger partial charge in [-0.2, -0.15) is 0 Å². The van der Waals surface area contributed by atoms with Crippen LogP contribution in [0.15, 0.2) is 72.9 Å². The fourth-order valence-electron chi connectivity index (χ4n) is 7.65. The lowest BCUT2D eigenvalue weighted by Gasteiger charge is -2.38. The van der Waals surface area contributed by atoms with Crippen LogP contribution in [0.25, 0.3) is 5.57 Å². The minimum absolute atomic E-state index is 0.0220. The number of allylic oxidation sites excluding steroid dienone is 1. The highest BCUT2D eigenvalue weighted by molar-refractivity contribution is 6.09. The van der Waals surface area contributed by atoms with E-state index in [9.17, 15) is 9.59 Å². The van der Waals surface area contributed by atoms with Gasteiger partial charge >= 0.3 is 0 Å². The standard InChI is InChI=1S/C41H53N7O4/c1-44(2)18-4-26-52-36-12-5-31(6-13-36)30-45-22-24-46(25-23-45)34-9-7-32(8-10-34)39(49)47-19-15-41(16-20-47)17-21-48(40(41)50)35-11-14-37(33(28-42)29-43)38(27-35)51-3/h5-14,27-29,42H,4,15-26,30,43H2,1-3H3/b33-29+,42-28?. The Hall–Kier alpha value is -4.87. The zero-order chi connectivity index (χ0) is 36.7. The van der Waals surface area contributed by atoms with Crippen LogP contribution in [0.5, 0.6) is 11.5 Å². The number of carbonyl (C=O) groups is 2. The number of hydrogen-bond donors (Lipinski definition) is 2. The number of nitrogens with one attached hydrogen (secondary N) is 1. The topological polar surface area (TPSA) is 119 Å². The van der Waals surface area contributed by atoms with E-state index in [1.54, 1.807) is 7.11 Å². The van der Waals surface area contributed by atoms with Gasteiger partial charge in [-0.05, 0) is 93.9 Å². The number of anilines is 2. The summed E-state index contributed by atoms with van der Waals surface area (Å²) in [4.78, 5) is 38.2. The Morgan fingerprint density at radius 3 is 2.21 bits per heavy atom. The van der Waals surface area contributed by atoms with Gasteiger partial charge in [0.25, 0.3) is 5.91 Å². The first-order chi connectivity index (χ1) is 25.2. The number of rotatable bonds is 13. The van der Waals surface area contributed by atoms with E-state index in [0.717, 1.165) is 75.8 Å². The second-order valence-corrected chi connectivity index (χ2v) is 14.4. The second-order valence-electron chi connectivity index (χ2n) is 14.4. The highest BCUT2D eigenvalue weighted by atomic mass is 16.5. The number of piperazine rings is 1. The first-order valence-corrected chi connectivity index (χ1v) is 18.4. The molecule has 3 heterocycles. The molecule has 52 heavy (non-hydrogen) atoms. The minimum atomic E-state index is -0.463. The molecule has 3 aromatic rings. The maximum Gasteiger partial charge on any atom is 0.253 e. The number of piperidine rings is 1. The van der Waals surface area contributed by atoms with Crippen molar-refractivity contribution in [1.29, 1.82) is 5.41 Å². The molecule has 0 aliphatic carbocycles. The van der Waals surface area contributed by atoms with Crippen LogP contribution in [-0.2, 0) is 11.3 Å². The van der Waals surface area contributed by atoms with Crippen LogP contribution in [0.2, 0.25) is 0 Å². The SMILES string of the molecule is COc1cc(N2CCC3(CCN(C(=O)c4ccc(N5CCN(Cc6ccc(OCCCN(C)C)cc6)CC5)cc4)CC3)C2=O)ccc1/C(C=N)=C/N. The molecule has 3 N–H and O–H groups in total. The van der Waals surface area contributed by atoms with Gasteiger partial charge in [-0.3, -0.25) is 14.5 Å². The number of amides is 2. The van der Waals surface area contributed by atoms with Crippen LogP contribution in [0.3, 0.4) is 0 Å². The molecule has 3 aliphatic heterocycles. The Bertz CT molecular complexity index is 1720. The number of nitrogens with zero attached hydrogens (tertiary/aromatic N) is 5. The van der Waals surface area contributed by atoms with E-state index in [0.29, 0.717) is 54.9 Å². The second kappa shape index (κ2) is 16.6. The molecule has 0 bridgehead atoms. The maximum absolute atomic E-state index is 13.8. The van der Waals surface area contributed by atoms with Gasteiger partial charge in [-0.1, -0.05) is 12.1 Å². The van der Waals surface area contributed by atoms with Crippen molar-refractivity contribution in [2.45, 2.75) is 32.2 Å². The number of methoxy groups -OCH3 is 1. The molecular weight excluding hydrogens is 654 g/mol. The molecule has 6 rings (SSSR count). The van der Waals surface area contributed by atoms with E-state index < -0.39 is 5.41 Å². The Balaban J connectivity index is 0.966. The van der Waals surface area contributed by atoms with Gasteiger partial charge in [0, 0.05) is 105 Å². The molecule has 0 atom stereocenters. The van der Waals surface area contributed by atoms with Crippen LogP contribution in [0.1, 0.15) is 47.2 Å². The van der Waals surface area contributed by atoms with Crippen molar-refractivity contribution < 1.29 is 19.1 Å². The fraction of sp³-hybridized carbons (Fsp3) is 0.439. The van der Waals surface area contributed by atoms with Crippen molar-refractivity contribution in [3.63, 3.8) is 0 Å². The number of likely N-dealkylation sites (tertiary alicyclic amines) is 1. The smallest absolute Gasteiger partial charge is 0.253 e. The number of hydrogen-bond acceptors (Lipinski definition) is 9. The molecule has 3 saturated heterocycles. The maximum atomic E-state index is 13.8. The molecule has 3 aromatic carbocycles. The molecule has 0 saturated carbocycles. The highest BCUT2D eigenvalue weighted by Gasteiger charge is 2.49. The summed E-state index contributed by atoms with van der Waals surface area (Å²) in [7, 11) is 5.73. The lowest BCUT2D eigenvalue weighted by atomic mass is 9.77. The lowest BCUT2D eigenvalue weighted by molar-refractivity contribution is -0.127. The monoisotopic (exact) mass is 707 g/mol. The summed E-state index contributed by atoms with van der Waals surface area (Å²) in [5, 5.41) is 7.64. The molecule has 3 fully saturated rings. The largest absolute Gasteiger partial charge is 0.496 e. The molecule has 3 aliphatic rings. The fourth-order valence-corrected chi connectivity index (χ4v) is 7.65. The van der Waals surface area contributed by atoms with E-state index in [1.807, 2.05) is 40.1 Å². The van der Waals surface area contributed by atoms with Crippen LogP contribution < -0.4 is 25.0 Å². The number of carbonyl (C=O) groups excluding carboxylic acids is 2. The third-order valence-electron chi connectivity index (χ3n) is 10.9. The van der Waals surface area contributed by atoms with E-state index in [1.165, 1.54) is 18.0 Å². The summed E-state index contributed by atoms with van der Waals surface area (Å²) >= 11 is 0. The zero-order valence-electron chi connectivity index (χ0n) is 30.9. The lowest BCUT2D eigenvalue weighted by Crippen LogP contribution is -2.46. The van der Waals surface area contributed by atoms with Crippen LogP contribution in [0, 0.1) is 10.8 Å². The molecule has 2 amide bonds. The summed E-state index contributed by atoms with van der Waals surface area (Å²) in [6.45, 7) is 8.23. The average Bonchev–Trinajstić information content (AvgIpc) is 3.49. The molecular formula is C41H53N7O4. The summed E-state index contributed by atoms with van der Waals surface area (Å²) in [6, 6.07) is 22.1. The van der Waals surface area contributed by atoms with Gasteiger partial charge < -0.3 is 40.2 Å². The van der Waals surface area contributed by atoms with Crippen LogP contribution in [0.4, 0.5) is 11.4 Å². The van der Waals surface area contributed by atoms with Crippen molar-refractivity contribution in [1.82, 2.24) is 14.7 Å². The Kier molecular flexibility index (Phi) is 11.8. The first kappa shape index (κ1) is 36.9. The minimum Gasteiger partial charge on any atom is -0.496 e. The Morgan fingerprint density at radius 2 is 1.58 bits per heavy atom. The zero-order valence-corrected chi connectivity index (χ0v) is 30.9. The van der Waals surface area contributed by atoms with Gasteiger partial charge in [0.2, 0.25) is 5.91 Å². The summed E-state index contributed by atoms with van der Waals surface area (Å²) in [6.07, 6.45) is 5.63. The van der Waals surface area contributed by atoms with E-state index >= 15 is 0 Å². The first-order valence-electron chi connectivity index (χ1n) is 18.4. The summed E-state index contributed by atoms with van der Waals surface area (Å²) in [5.74, 6) is 1.62. The van der Waals surface area contributed by atoms with Crippen molar-refractivity contribution in [3.8, 4) is 11.5 Å². The van der Waals surface area contributed by atoms with Crippen molar-refractivity contribution in [2.75, 3.05) is 90.0 Å².